The molecular formula is C19H26N4O2. The Hall–Kier alpha value is -2.18. The third-order valence-corrected chi connectivity index (χ3v) is 5.04. The number of aliphatic hydroxyl groups is 1. The van der Waals surface area contributed by atoms with Gasteiger partial charge in [-0.05, 0) is 51.8 Å². The first-order valence-electron chi connectivity index (χ1n) is 8.78. The van der Waals surface area contributed by atoms with Crippen LogP contribution in [0.15, 0.2) is 30.3 Å². The summed E-state index contributed by atoms with van der Waals surface area (Å²) >= 11 is 0. The Kier molecular flexibility index (Phi) is 5.20. The lowest BCUT2D eigenvalue weighted by atomic mass is 10.1. The minimum absolute atomic E-state index is 0.0302. The van der Waals surface area contributed by atoms with Crippen LogP contribution in [-0.2, 0) is 4.79 Å². The minimum atomic E-state index is -0.226. The number of amides is 1. The smallest absolute Gasteiger partial charge is 0.241 e. The Morgan fingerprint density at radius 1 is 1.36 bits per heavy atom. The van der Waals surface area contributed by atoms with Crippen molar-refractivity contribution in [1.29, 1.82) is 0 Å². The van der Waals surface area contributed by atoms with Gasteiger partial charge in [0.15, 0.2) is 0 Å². The molecule has 1 amide bonds. The van der Waals surface area contributed by atoms with Crippen LogP contribution in [0.1, 0.15) is 24.7 Å². The van der Waals surface area contributed by atoms with E-state index in [-0.39, 0.29) is 24.5 Å². The highest BCUT2D eigenvalue weighted by Gasteiger charge is 2.30. The van der Waals surface area contributed by atoms with Crippen molar-refractivity contribution in [3.8, 4) is 5.69 Å². The molecule has 0 saturated carbocycles. The van der Waals surface area contributed by atoms with E-state index in [9.17, 15) is 9.90 Å². The molecule has 134 valence electrons. The third kappa shape index (κ3) is 3.60. The second-order valence-corrected chi connectivity index (χ2v) is 6.79. The van der Waals surface area contributed by atoms with E-state index >= 15 is 0 Å². The van der Waals surface area contributed by atoms with Gasteiger partial charge in [0.05, 0.1) is 28.8 Å². The summed E-state index contributed by atoms with van der Waals surface area (Å²) in [6.07, 6.45) is 0.943. The van der Waals surface area contributed by atoms with Crippen LogP contribution >= 0.6 is 0 Å². The van der Waals surface area contributed by atoms with Crippen molar-refractivity contribution in [3.05, 3.63) is 41.7 Å². The van der Waals surface area contributed by atoms with Crippen molar-refractivity contribution in [2.24, 2.45) is 5.92 Å². The Balaban J connectivity index is 1.75. The number of aryl methyl sites for hydroxylation is 1. The number of benzene rings is 1. The summed E-state index contributed by atoms with van der Waals surface area (Å²) in [5.41, 5.74) is 3.47. The van der Waals surface area contributed by atoms with Crippen LogP contribution in [0.25, 0.3) is 5.69 Å². The van der Waals surface area contributed by atoms with E-state index in [1.807, 2.05) is 55.8 Å². The largest absolute Gasteiger partial charge is 0.396 e. The maximum Gasteiger partial charge on any atom is 0.241 e. The molecule has 2 heterocycles. The second-order valence-electron chi connectivity index (χ2n) is 6.79. The van der Waals surface area contributed by atoms with Gasteiger partial charge in [0.1, 0.15) is 0 Å². The van der Waals surface area contributed by atoms with Crippen LogP contribution in [0.4, 0.5) is 5.69 Å². The van der Waals surface area contributed by atoms with Gasteiger partial charge in [-0.1, -0.05) is 18.2 Å². The Morgan fingerprint density at radius 3 is 2.72 bits per heavy atom. The van der Waals surface area contributed by atoms with E-state index in [0.29, 0.717) is 0 Å². The molecule has 6 heteroatoms. The average molecular weight is 342 g/mol. The molecule has 0 bridgehead atoms. The van der Waals surface area contributed by atoms with Crippen LogP contribution in [0.3, 0.4) is 0 Å². The van der Waals surface area contributed by atoms with Crippen LogP contribution < -0.4 is 5.32 Å². The van der Waals surface area contributed by atoms with Gasteiger partial charge in [0, 0.05) is 13.2 Å². The molecule has 0 radical (unpaired) electrons. The first-order chi connectivity index (χ1) is 12.0. The number of hydrogen-bond donors (Lipinski definition) is 2. The lowest BCUT2D eigenvalue weighted by Gasteiger charge is -2.23. The molecule has 25 heavy (non-hydrogen) atoms. The quantitative estimate of drug-likeness (QED) is 0.873. The van der Waals surface area contributed by atoms with Crippen molar-refractivity contribution in [2.75, 3.05) is 25.0 Å². The van der Waals surface area contributed by atoms with Gasteiger partial charge in [0.2, 0.25) is 5.91 Å². The fourth-order valence-electron chi connectivity index (χ4n) is 3.40. The highest BCUT2D eigenvalue weighted by molar-refractivity contribution is 5.95. The molecular weight excluding hydrogens is 316 g/mol. The number of para-hydroxylation sites is 1. The zero-order chi connectivity index (χ0) is 18.0. The van der Waals surface area contributed by atoms with Gasteiger partial charge in [-0.3, -0.25) is 9.69 Å². The summed E-state index contributed by atoms with van der Waals surface area (Å²) in [5.74, 6) is 0.247. The number of likely N-dealkylation sites (tertiary alicyclic amines) is 1. The molecule has 1 aliphatic rings. The van der Waals surface area contributed by atoms with Gasteiger partial charge >= 0.3 is 0 Å². The molecule has 1 aromatic carbocycles. The first-order valence-corrected chi connectivity index (χ1v) is 8.78. The van der Waals surface area contributed by atoms with Gasteiger partial charge in [0.25, 0.3) is 0 Å². The van der Waals surface area contributed by atoms with Crippen LogP contribution in [0.5, 0.6) is 0 Å². The summed E-state index contributed by atoms with van der Waals surface area (Å²) in [5, 5.41) is 16.9. The number of nitrogens with one attached hydrogen (secondary N) is 1. The van der Waals surface area contributed by atoms with Crippen molar-refractivity contribution in [1.82, 2.24) is 14.7 Å². The second kappa shape index (κ2) is 7.37. The number of aliphatic hydroxyl groups excluding tert-OH is 1. The van der Waals surface area contributed by atoms with Gasteiger partial charge in [-0.2, -0.15) is 5.10 Å². The molecule has 1 aliphatic heterocycles. The third-order valence-electron chi connectivity index (χ3n) is 5.04. The molecule has 6 nitrogen and oxygen atoms in total. The normalized spacial score (nSPS) is 19.1. The van der Waals surface area contributed by atoms with Crippen molar-refractivity contribution < 1.29 is 9.90 Å². The Bertz CT molecular complexity index is 741. The van der Waals surface area contributed by atoms with E-state index in [4.69, 9.17) is 0 Å². The van der Waals surface area contributed by atoms with Crippen LogP contribution in [0.2, 0.25) is 0 Å². The van der Waals surface area contributed by atoms with Crippen molar-refractivity contribution in [2.45, 2.75) is 33.2 Å². The highest BCUT2D eigenvalue weighted by atomic mass is 16.3. The number of hydrogen-bond acceptors (Lipinski definition) is 4. The molecule has 3 rings (SSSR count). The SMILES string of the molecule is Cc1nn(-c2ccccc2)c(C)c1NC(=O)C(C)N1CCC(CO)C1. The van der Waals surface area contributed by atoms with E-state index < -0.39 is 0 Å². The van der Waals surface area contributed by atoms with Crippen LogP contribution in [-0.4, -0.2) is 51.4 Å². The summed E-state index contributed by atoms with van der Waals surface area (Å²) < 4.78 is 1.85. The molecule has 1 fully saturated rings. The monoisotopic (exact) mass is 342 g/mol. The number of aromatic nitrogens is 2. The zero-order valence-corrected chi connectivity index (χ0v) is 15.1. The summed E-state index contributed by atoms with van der Waals surface area (Å²) in [4.78, 5) is 14.8. The number of anilines is 1. The molecule has 1 aromatic heterocycles. The number of carbonyl (C=O) groups is 1. The van der Waals surface area contributed by atoms with E-state index in [1.54, 1.807) is 0 Å². The average Bonchev–Trinajstić information content (AvgIpc) is 3.22. The van der Waals surface area contributed by atoms with E-state index in [1.165, 1.54) is 0 Å². The number of nitrogens with zero attached hydrogens (tertiary/aromatic N) is 3. The fourth-order valence-corrected chi connectivity index (χ4v) is 3.40. The molecule has 2 atom stereocenters. The Labute approximate surface area is 148 Å². The number of rotatable bonds is 5. The van der Waals surface area contributed by atoms with E-state index in [2.05, 4.69) is 15.3 Å². The zero-order valence-electron chi connectivity index (χ0n) is 15.1. The van der Waals surface area contributed by atoms with Gasteiger partial charge < -0.3 is 10.4 Å². The van der Waals surface area contributed by atoms with Gasteiger partial charge in [-0.15, -0.1) is 0 Å². The molecule has 2 unspecified atom stereocenters. The Morgan fingerprint density at radius 2 is 2.08 bits per heavy atom. The molecule has 0 spiro atoms. The maximum atomic E-state index is 12.7. The standard InChI is InChI=1S/C19H26N4O2/c1-13-18(14(2)23(21-13)17-7-5-4-6-8-17)20-19(25)15(3)22-10-9-16(11-22)12-24/h4-8,15-16,24H,9-12H2,1-3H3,(H,20,25). The first kappa shape index (κ1) is 17.6. The maximum absolute atomic E-state index is 12.7. The predicted octanol–water partition coefficient (Wildman–Crippen LogP) is 2.13. The summed E-state index contributed by atoms with van der Waals surface area (Å²) in [6, 6.07) is 9.67. The fraction of sp³-hybridized carbons (Fsp3) is 0.474. The number of carbonyl (C=O) groups excluding carboxylic acids is 1. The topological polar surface area (TPSA) is 70.4 Å². The summed E-state index contributed by atoms with van der Waals surface area (Å²) in [7, 11) is 0. The molecule has 1 saturated heterocycles. The van der Waals surface area contributed by atoms with Crippen molar-refractivity contribution in [3.63, 3.8) is 0 Å². The lowest BCUT2D eigenvalue weighted by molar-refractivity contribution is -0.120. The molecule has 2 N–H and O–H groups in total. The van der Waals surface area contributed by atoms with Crippen molar-refractivity contribution >= 4 is 11.6 Å². The van der Waals surface area contributed by atoms with Crippen LogP contribution in [0, 0.1) is 19.8 Å². The minimum Gasteiger partial charge on any atom is -0.396 e. The highest BCUT2D eigenvalue weighted by Crippen LogP contribution is 2.24. The van der Waals surface area contributed by atoms with E-state index in [0.717, 1.165) is 42.3 Å². The summed E-state index contributed by atoms with van der Waals surface area (Å²) in [6.45, 7) is 7.59. The molecule has 2 aromatic rings. The predicted molar refractivity (Wildman–Crippen MR) is 97.9 cm³/mol. The van der Waals surface area contributed by atoms with Gasteiger partial charge in [-0.25, -0.2) is 4.68 Å². The molecule has 0 aliphatic carbocycles. The lowest BCUT2D eigenvalue weighted by Crippen LogP contribution is -2.41.